The van der Waals surface area contributed by atoms with Crippen LogP contribution in [0.1, 0.15) is 30.3 Å². The first-order chi connectivity index (χ1) is 10.3. The molecule has 0 atom stereocenters. The third-order valence-corrected chi connectivity index (χ3v) is 4.61. The zero-order valence-corrected chi connectivity index (χ0v) is 12.5. The van der Waals surface area contributed by atoms with E-state index in [9.17, 15) is 0 Å². The largest absolute Gasteiger partial charge is 0.241 e. The molecule has 1 aliphatic carbocycles. The van der Waals surface area contributed by atoms with Gasteiger partial charge in [0, 0.05) is 5.39 Å². The standard InChI is InChI=1S/C15H15N5S/c1-10-8-15(16-13-5-3-2-4-12(10)13)21-9-14-17-18-19-20(14)11-6-7-11/h2-5,8,11H,6-7,9H2,1H3. The number of hydrogen-bond donors (Lipinski definition) is 0. The fourth-order valence-corrected chi connectivity index (χ4v) is 3.33. The molecule has 6 heteroatoms. The number of para-hydroxylation sites is 1. The SMILES string of the molecule is Cc1cc(SCc2nnnn2C2CC2)nc2ccccc12. The van der Waals surface area contributed by atoms with Crippen molar-refractivity contribution in [1.29, 1.82) is 0 Å². The number of fused-ring (bicyclic) bond motifs is 1. The second kappa shape index (κ2) is 5.11. The van der Waals surface area contributed by atoms with Gasteiger partial charge in [0.05, 0.1) is 22.3 Å². The third-order valence-electron chi connectivity index (χ3n) is 3.70. The highest BCUT2D eigenvalue weighted by molar-refractivity contribution is 7.98. The Hall–Kier alpha value is -1.95. The van der Waals surface area contributed by atoms with E-state index < -0.39 is 0 Å². The summed E-state index contributed by atoms with van der Waals surface area (Å²) in [5.74, 6) is 1.70. The van der Waals surface area contributed by atoms with Crippen molar-refractivity contribution in [3.63, 3.8) is 0 Å². The molecule has 21 heavy (non-hydrogen) atoms. The molecular formula is C15H15N5S. The van der Waals surface area contributed by atoms with Crippen LogP contribution in [0.15, 0.2) is 35.4 Å². The normalized spacial score (nSPS) is 14.7. The van der Waals surface area contributed by atoms with Crippen molar-refractivity contribution in [2.75, 3.05) is 0 Å². The van der Waals surface area contributed by atoms with Crippen LogP contribution < -0.4 is 0 Å². The lowest BCUT2D eigenvalue weighted by molar-refractivity contribution is 0.593. The topological polar surface area (TPSA) is 56.5 Å². The fraction of sp³-hybridized carbons (Fsp3) is 0.333. The zero-order valence-electron chi connectivity index (χ0n) is 11.7. The van der Waals surface area contributed by atoms with Crippen LogP contribution in [-0.4, -0.2) is 25.2 Å². The van der Waals surface area contributed by atoms with Gasteiger partial charge in [-0.05, 0) is 47.9 Å². The molecule has 0 saturated heterocycles. The van der Waals surface area contributed by atoms with Crippen molar-refractivity contribution in [2.45, 2.75) is 36.6 Å². The van der Waals surface area contributed by atoms with Crippen molar-refractivity contribution >= 4 is 22.7 Å². The van der Waals surface area contributed by atoms with Gasteiger partial charge in [-0.2, -0.15) is 0 Å². The summed E-state index contributed by atoms with van der Waals surface area (Å²) in [6.45, 7) is 2.13. The molecule has 106 valence electrons. The van der Waals surface area contributed by atoms with E-state index in [2.05, 4.69) is 40.6 Å². The summed E-state index contributed by atoms with van der Waals surface area (Å²) < 4.78 is 1.96. The Morgan fingerprint density at radius 2 is 2.14 bits per heavy atom. The molecule has 5 nitrogen and oxygen atoms in total. The maximum absolute atomic E-state index is 4.71. The minimum Gasteiger partial charge on any atom is -0.241 e. The van der Waals surface area contributed by atoms with E-state index in [4.69, 9.17) is 4.98 Å². The monoisotopic (exact) mass is 297 g/mol. The second-order valence-electron chi connectivity index (χ2n) is 5.35. The summed E-state index contributed by atoms with van der Waals surface area (Å²) in [6, 6.07) is 10.9. The van der Waals surface area contributed by atoms with Gasteiger partial charge in [-0.25, -0.2) is 9.67 Å². The summed E-state index contributed by atoms with van der Waals surface area (Å²) in [7, 11) is 0. The smallest absolute Gasteiger partial charge is 0.161 e. The molecule has 4 rings (SSSR count). The van der Waals surface area contributed by atoms with Crippen LogP contribution in [0.5, 0.6) is 0 Å². The van der Waals surface area contributed by atoms with Crippen LogP contribution in [0, 0.1) is 6.92 Å². The summed E-state index contributed by atoms with van der Waals surface area (Å²) in [6.07, 6.45) is 2.38. The Balaban J connectivity index is 1.58. The summed E-state index contributed by atoms with van der Waals surface area (Å²) in [5.41, 5.74) is 2.30. The molecule has 0 spiro atoms. The van der Waals surface area contributed by atoms with E-state index in [0.717, 1.165) is 22.1 Å². The highest BCUT2D eigenvalue weighted by Crippen LogP contribution is 2.35. The molecular weight excluding hydrogens is 282 g/mol. The summed E-state index contributed by atoms with van der Waals surface area (Å²) in [5, 5.41) is 14.2. The maximum atomic E-state index is 4.71. The Kier molecular flexibility index (Phi) is 3.11. The van der Waals surface area contributed by atoms with Crippen LogP contribution >= 0.6 is 11.8 Å². The molecule has 0 aliphatic heterocycles. The van der Waals surface area contributed by atoms with Gasteiger partial charge in [-0.15, -0.1) is 5.10 Å². The van der Waals surface area contributed by atoms with E-state index in [-0.39, 0.29) is 0 Å². The predicted octanol–water partition coefficient (Wildman–Crippen LogP) is 3.16. The quantitative estimate of drug-likeness (QED) is 0.692. The van der Waals surface area contributed by atoms with Gasteiger partial charge in [0.15, 0.2) is 5.82 Å². The van der Waals surface area contributed by atoms with Gasteiger partial charge < -0.3 is 0 Å². The van der Waals surface area contributed by atoms with E-state index in [0.29, 0.717) is 6.04 Å². The Labute approximate surface area is 126 Å². The average Bonchev–Trinajstić information content (AvgIpc) is 3.24. The highest BCUT2D eigenvalue weighted by atomic mass is 32.2. The number of thioether (sulfide) groups is 1. The summed E-state index contributed by atoms with van der Waals surface area (Å²) >= 11 is 1.69. The number of pyridine rings is 1. The Bertz CT molecular complexity index is 794. The van der Waals surface area contributed by atoms with E-state index in [1.54, 1.807) is 11.8 Å². The van der Waals surface area contributed by atoms with Crippen LogP contribution in [0.3, 0.4) is 0 Å². The van der Waals surface area contributed by atoms with E-state index >= 15 is 0 Å². The van der Waals surface area contributed by atoms with E-state index in [1.807, 2.05) is 16.8 Å². The first kappa shape index (κ1) is 12.8. The Morgan fingerprint density at radius 3 is 3.00 bits per heavy atom. The number of benzene rings is 1. The number of aromatic nitrogens is 5. The van der Waals surface area contributed by atoms with Crippen molar-refractivity contribution < 1.29 is 0 Å². The van der Waals surface area contributed by atoms with Gasteiger partial charge in [0.25, 0.3) is 0 Å². The number of nitrogens with zero attached hydrogens (tertiary/aromatic N) is 5. The average molecular weight is 297 g/mol. The molecule has 2 aromatic heterocycles. The molecule has 1 aromatic carbocycles. The molecule has 2 heterocycles. The zero-order chi connectivity index (χ0) is 14.2. The minimum absolute atomic E-state index is 0.516. The van der Waals surface area contributed by atoms with Gasteiger partial charge in [-0.1, -0.05) is 30.0 Å². The number of aryl methyl sites for hydroxylation is 1. The van der Waals surface area contributed by atoms with Crippen LogP contribution in [0.4, 0.5) is 0 Å². The van der Waals surface area contributed by atoms with Gasteiger partial charge in [0.2, 0.25) is 0 Å². The molecule has 1 fully saturated rings. The third kappa shape index (κ3) is 2.51. The minimum atomic E-state index is 0.516. The van der Waals surface area contributed by atoms with Gasteiger partial charge in [-0.3, -0.25) is 0 Å². The molecule has 0 bridgehead atoms. The van der Waals surface area contributed by atoms with Crippen molar-refractivity contribution in [2.24, 2.45) is 0 Å². The Morgan fingerprint density at radius 1 is 1.29 bits per heavy atom. The molecule has 1 saturated carbocycles. The lowest BCUT2D eigenvalue weighted by Gasteiger charge is -2.06. The maximum Gasteiger partial charge on any atom is 0.161 e. The van der Waals surface area contributed by atoms with Crippen molar-refractivity contribution in [3.8, 4) is 0 Å². The summed E-state index contributed by atoms with van der Waals surface area (Å²) in [4.78, 5) is 4.71. The van der Waals surface area contributed by atoms with Crippen molar-refractivity contribution in [3.05, 3.63) is 41.7 Å². The van der Waals surface area contributed by atoms with Crippen LogP contribution in [-0.2, 0) is 5.75 Å². The molecule has 3 aromatic rings. The highest BCUT2D eigenvalue weighted by Gasteiger charge is 2.27. The van der Waals surface area contributed by atoms with E-state index in [1.165, 1.54) is 23.8 Å². The molecule has 0 N–H and O–H groups in total. The lowest BCUT2D eigenvalue weighted by Crippen LogP contribution is -2.02. The van der Waals surface area contributed by atoms with Gasteiger partial charge >= 0.3 is 0 Å². The second-order valence-corrected chi connectivity index (χ2v) is 6.35. The molecule has 0 unspecified atom stereocenters. The molecule has 0 radical (unpaired) electrons. The number of hydrogen-bond acceptors (Lipinski definition) is 5. The van der Waals surface area contributed by atoms with Gasteiger partial charge in [0.1, 0.15) is 0 Å². The number of rotatable bonds is 4. The van der Waals surface area contributed by atoms with Crippen molar-refractivity contribution in [1.82, 2.24) is 25.2 Å². The number of tetrazole rings is 1. The predicted molar refractivity (Wildman–Crippen MR) is 82.1 cm³/mol. The molecule has 1 aliphatic rings. The first-order valence-corrected chi connectivity index (χ1v) is 8.06. The van der Waals surface area contributed by atoms with Crippen LogP contribution in [0.25, 0.3) is 10.9 Å². The lowest BCUT2D eigenvalue weighted by atomic mass is 10.1. The fourth-order valence-electron chi connectivity index (χ4n) is 2.44. The van der Waals surface area contributed by atoms with Crippen LogP contribution in [0.2, 0.25) is 0 Å². The first-order valence-electron chi connectivity index (χ1n) is 7.07. The molecule has 0 amide bonds.